The average Bonchev–Trinajstić information content (AvgIpc) is 2.62. The van der Waals surface area contributed by atoms with Gasteiger partial charge in [0, 0.05) is 13.1 Å². The minimum atomic E-state index is -0.485. The summed E-state index contributed by atoms with van der Waals surface area (Å²) >= 11 is 0. The van der Waals surface area contributed by atoms with Crippen molar-refractivity contribution >= 4 is 23.7 Å². The fourth-order valence-electron chi connectivity index (χ4n) is 2.79. The van der Waals surface area contributed by atoms with Gasteiger partial charge in [-0.25, -0.2) is 9.59 Å². The molecule has 1 fully saturated rings. The van der Waals surface area contributed by atoms with Crippen molar-refractivity contribution in [3.8, 4) is 0 Å². The van der Waals surface area contributed by atoms with Crippen molar-refractivity contribution in [1.82, 2.24) is 4.90 Å². The fourth-order valence-corrected chi connectivity index (χ4v) is 2.79. The van der Waals surface area contributed by atoms with Crippen LogP contribution >= 0.6 is 0 Å². The lowest BCUT2D eigenvalue weighted by Gasteiger charge is -2.31. The number of anilines is 1. The van der Waals surface area contributed by atoms with Crippen molar-refractivity contribution in [3.63, 3.8) is 0 Å². The lowest BCUT2D eigenvalue weighted by molar-refractivity contribution is -0.149. The molecule has 0 aromatic heterocycles. The van der Waals surface area contributed by atoms with Gasteiger partial charge in [0.1, 0.15) is 0 Å². The third-order valence-corrected chi connectivity index (χ3v) is 3.99. The lowest BCUT2D eigenvalue weighted by Crippen LogP contribution is -2.44. The summed E-state index contributed by atoms with van der Waals surface area (Å²) in [6.45, 7) is 4.94. The van der Waals surface area contributed by atoms with Crippen molar-refractivity contribution in [1.29, 1.82) is 0 Å². The van der Waals surface area contributed by atoms with Gasteiger partial charge in [0.05, 0.1) is 30.4 Å². The number of hydrogen-bond acceptors (Lipinski definition) is 5. The highest BCUT2D eigenvalue weighted by Gasteiger charge is 2.29. The Kier molecular flexibility index (Phi) is 6.80. The van der Waals surface area contributed by atoms with Crippen LogP contribution in [0.3, 0.4) is 0 Å². The maximum atomic E-state index is 12.5. The Hall–Kier alpha value is -2.57. The second-order valence-corrected chi connectivity index (χ2v) is 5.73. The second kappa shape index (κ2) is 9.05. The van der Waals surface area contributed by atoms with E-state index in [0.29, 0.717) is 37.4 Å². The fraction of sp³-hybridized carbons (Fsp3) is 0.500. The number of amides is 2. The molecule has 1 atom stereocenters. The molecule has 136 valence electrons. The number of urea groups is 1. The van der Waals surface area contributed by atoms with Gasteiger partial charge in [-0.15, -0.1) is 0 Å². The number of benzene rings is 1. The summed E-state index contributed by atoms with van der Waals surface area (Å²) < 4.78 is 10.1. The van der Waals surface area contributed by atoms with Crippen molar-refractivity contribution in [2.45, 2.75) is 26.7 Å². The molecule has 0 spiro atoms. The Bertz CT molecular complexity index is 632. The zero-order chi connectivity index (χ0) is 18.2. The molecule has 1 aromatic rings. The van der Waals surface area contributed by atoms with Crippen LogP contribution in [-0.4, -0.2) is 49.2 Å². The smallest absolute Gasteiger partial charge is 0.340 e. The molecule has 1 N–H and O–H groups in total. The van der Waals surface area contributed by atoms with Gasteiger partial charge in [-0.2, -0.15) is 0 Å². The van der Waals surface area contributed by atoms with Crippen LogP contribution in [-0.2, 0) is 14.3 Å². The van der Waals surface area contributed by atoms with E-state index in [-0.39, 0.29) is 24.5 Å². The standard InChI is InChI=1S/C18H24N2O5/c1-3-24-16(21)13-8-7-11-20(12-13)18(23)19-15-10-6-5-9-14(15)17(22)25-4-2/h5-6,9-10,13H,3-4,7-8,11-12H2,1-2H3,(H,19,23). The van der Waals surface area contributed by atoms with Gasteiger partial charge in [-0.1, -0.05) is 12.1 Å². The van der Waals surface area contributed by atoms with Crippen LogP contribution < -0.4 is 5.32 Å². The quantitative estimate of drug-likeness (QED) is 0.827. The van der Waals surface area contributed by atoms with E-state index < -0.39 is 5.97 Å². The predicted molar refractivity (Wildman–Crippen MR) is 92.3 cm³/mol. The monoisotopic (exact) mass is 348 g/mol. The highest BCUT2D eigenvalue weighted by Crippen LogP contribution is 2.21. The van der Waals surface area contributed by atoms with Crippen molar-refractivity contribution in [3.05, 3.63) is 29.8 Å². The molecule has 1 saturated heterocycles. The number of nitrogens with one attached hydrogen (secondary N) is 1. The van der Waals surface area contributed by atoms with Crippen molar-refractivity contribution in [2.24, 2.45) is 5.92 Å². The van der Waals surface area contributed by atoms with Gasteiger partial charge in [0.15, 0.2) is 0 Å². The molecule has 7 nitrogen and oxygen atoms in total. The predicted octanol–water partition coefficient (Wildman–Crippen LogP) is 2.67. The number of rotatable bonds is 5. The van der Waals surface area contributed by atoms with E-state index in [4.69, 9.17) is 9.47 Å². The Balaban J connectivity index is 2.04. The summed E-state index contributed by atoms with van der Waals surface area (Å²) in [5, 5.41) is 2.75. The minimum absolute atomic E-state index is 0.258. The third-order valence-electron chi connectivity index (χ3n) is 3.99. The van der Waals surface area contributed by atoms with E-state index in [0.717, 1.165) is 6.42 Å². The number of para-hydroxylation sites is 1. The third kappa shape index (κ3) is 4.95. The Morgan fingerprint density at radius 3 is 2.60 bits per heavy atom. The molecule has 1 aliphatic rings. The van der Waals surface area contributed by atoms with E-state index in [9.17, 15) is 14.4 Å². The number of piperidine rings is 1. The zero-order valence-corrected chi connectivity index (χ0v) is 14.6. The van der Waals surface area contributed by atoms with Gasteiger partial charge >= 0.3 is 18.0 Å². The molecule has 25 heavy (non-hydrogen) atoms. The van der Waals surface area contributed by atoms with Crippen LogP contribution in [0.5, 0.6) is 0 Å². The summed E-state index contributed by atoms with van der Waals surface area (Å²) in [5.41, 5.74) is 0.695. The van der Waals surface area contributed by atoms with Crippen molar-refractivity contribution in [2.75, 3.05) is 31.6 Å². The van der Waals surface area contributed by atoms with Crippen LogP contribution in [0.2, 0.25) is 0 Å². The Morgan fingerprint density at radius 1 is 1.16 bits per heavy atom. The molecule has 2 amide bonds. The number of carbonyl (C=O) groups is 3. The largest absolute Gasteiger partial charge is 0.466 e. The molecule has 0 saturated carbocycles. The second-order valence-electron chi connectivity index (χ2n) is 5.73. The maximum Gasteiger partial charge on any atom is 0.340 e. The van der Waals surface area contributed by atoms with Gasteiger partial charge in [0.2, 0.25) is 0 Å². The number of likely N-dealkylation sites (tertiary alicyclic amines) is 1. The van der Waals surface area contributed by atoms with Gasteiger partial charge < -0.3 is 19.7 Å². The van der Waals surface area contributed by atoms with Crippen LogP contribution in [0.25, 0.3) is 0 Å². The summed E-state index contributed by atoms with van der Waals surface area (Å²) in [4.78, 5) is 38.0. The Labute approximate surface area is 147 Å². The van der Waals surface area contributed by atoms with Gasteiger partial charge in [-0.3, -0.25) is 4.79 Å². The molecule has 1 unspecified atom stereocenters. The minimum Gasteiger partial charge on any atom is -0.466 e. The Morgan fingerprint density at radius 2 is 1.88 bits per heavy atom. The van der Waals surface area contributed by atoms with E-state index in [1.165, 1.54) is 0 Å². The molecule has 1 aliphatic heterocycles. The summed E-state index contributed by atoms with van der Waals surface area (Å²) in [7, 11) is 0. The molecule has 0 bridgehead atoms. The van der Waals surface area contributed by atoms with E-state index in [2.05, 4.69) is 5.32 Å². The first-order valence-electron chi connectivity index (χ1n) is 8.55. The summed E-state index contributed by atoms with van der Waals surface area (Å²) in [6.07, 6.45) is 1.44. The average molecular weight is 348 g/mol. The number of esters is 2. The normalized spacial score (nSPS) is 16.9. The number of nitrogens with zero attached hydrogens (tertiary/aromatic N) is 1. The van der Waals surface area contributed by atoms with E-state index in [1.807, 2.05) is 0 Å². The van der Waals surface area contributed by atoms with E-state index >= 15 is 0 Å². The lowest BCUT2D eigenvalue weighted by atomic mass is 9.98. The van der Waals surface area contributed by atoms with Gasteiger partial charge in [0.25, 0.3) is 0 Å². The molecule has 2 rings (SSSR count). The van der Waals surface area contributed by atoms with Crippen molar-refractivity contribution < 1.29 is 23.9 Å². The molecular weight excluding hydrogens is 324 g/mol. The number of carbonyl (C=O) groups excluding carboxylic acids is 3. The zero-order valence-electron chi connectivity index (χ0n) is 14.6. The van der Waals surface area contributed by atoms with Gasteiger partial charge in [-0.05, 0) is 38.8 Å². The molecule has 7 heteroatoms. The summed E-state index contributed by atoms with van der Waals surface area (Å²) in [5.74, 6) is -1.06. The number of hydrogen-bond donors (Lipinski definition) is 1. The molecule has 0 radical (unpaired) electrons. The SMILES string of the molecule is CCOC(=O)c1ccccc1NC(=O)N1CCCC(C(=O)OCC)C1. The summed E-state index contributed by atoms with van der Waals surface area (Å²) in [6, 6.07) is 6.35. The first-order valence-corrected chi connectivity index (χ1v) is 8.55. The highest BCUT2D eigenvalue weighted by atomic mass is 16.5. The molecular formula is C18H24N2O5. The first-order chi connectivity index (χ1) is 12.1. The highest BCUT2D eigenvalue weighted by molar-refractivity contribution is 6.00. The van der Waals surface area contributed by atoms with Crippen LogP contribution in [0.15, 0.2) is 24.3 Å². The van der Waals surface area contributed by atoms with Crippen LogP contribution in [0, 0.1) is 5.92 Å². The number of ether oxygens (including phenoxy) is 2. The molecule has 1 heterocycles. The topological polar surface area (TPSA) is 84.9 Å². The first kappa shape index (κ1) is 18.8. The van der Waals surface area contributed by atoms with Crippen LogP contribution in [0.1, 0.15) is 37.0 Å². The maximum absolute atomic E-state index is 12.5. The van der Waals surface area contributed by atoms with E-state index in [1.54, 1.807) is 43.0 Å². The molecule has 1 aromatic carbocycles. The molecule has 0 aliphatic carbocycles. The van der Waals surface area contributed by atoms with Crippen LogP contribution in [0.4, 0.5) is 10.5 Å².